The fraction of sp³-hybridized carbons (Fsp3) is 0. The van der Waals surface area contributed by atoms with Gasteiger partial charge in [0.25, 0.3) is 11.8 Å². The van der Waals surface area contributed by atoms with Crippen LogP contribution in [0.1, 0.15) is 26.3 Å². The van der Waals surface area contributed by atoms with E-state index >= 15 is 0 Å². The van der Waals surface area contributed by atoms with Crippen molar-refractivity contribution in [2.24, 2.45) is 5.10 Å². The molecule has 0 atom stereocenters. The van der Waals surface area contributed by atoms with Crippen molar-refractivity contribution >= 4 is 49.7 Å². The number of hydrogen-bond acceptors (Lipinski definition) is 6. The molecular formula is C29H18N2O5S. The molecule has 5 aromatic carbocycles. The van der Waals surface area contributed by atoms with E-state index in [9.17, 15) is 18.0 Å². The number of imide groups is 1. The lowest BCUT2D eigenvalue weighted by Crippen LogP contribution is -2.24. The van der Waals surface area contributed by atoms with Crippen LogP contribution in [0.5, 0.6) is 5.75 Å². The fourth-order valence-corrected chi connectivity index (χ4v) is 5.63. The minimum atomic E-state index is -4.24. The van der Waals surface area contributed by atoms with Gasteiger partial charge in [-0.1, -0.05) is 78.9 Å². The monoisotopic (exact) mass is 506 g/mol. The molecule has 0 fully saturated rings. The number of carbonyl (C=O) groups is 2. The molecule has 0 N–H and O–H groups in total. The van der Waals surface area contributed by atoms with Crippen molar-refractivity contribution in [2.45, 2.75) is 4.90 Å². The van der Waals surface area contributed by atoms with Crippen molar-refractivity contribution < 1.29 is 22.2 Å². The number of nitrogens with zero attached hydrogens (tertiary/aromatic N) is 2. The number of amides is 2. The summed E-state index contributed by atoms with van der Waals surface area (Å²) in [5, 5.41) is 7.69. The average Bonchev–Trinajstić information content (AvgIpc) is 3.16. The van der Waals surface area contributed by atoms with Crippen LogP contribution in [0.2, 0.25) is 0 Å². The van der Waals surface area contributed by atoms with E-state index in [0.29, 0.717) is 16.3 Å². The van der Waals surface area contributed by atoms with E-state index in [-0.39, 0.29) is 21.8 Å². The van der Waals surface area contributed by atoms with Crippen molar-refractivity contribution in [2.75, 3.05) is 0 Å². The molecule has 180 valence electrons. The van der Waals surface area contributed by atoms with Gasteiger partial charge >= 0.3 is 10.1 Å². The molecule has 2 amide bonds. The summed E-state index contributed by atoms with van der Waals surface area (Å²) >= 11 is 0. The van der Waals surface area contributed by atoms with Gasteiger partial charge in [-0.25, -0.2) is 0 Å². The van der Waals surface area contributed by atoms with Crippen LogP contribution in [0.25, 0.3) is 21.5 Å². The van der Waals surface area contributed by atoms with Gasteiger partial charge in [-0.3, -0.25) is 9.59 Å². The number of fused-ring (bicyclic) bond motifs is 3. The maximum absolute atomic E-state index is 13.4. The van der Waals surface area contributed by atoms with Crippen molar-refractivity contribution in [1.82, 2.24) is 5.01 Å². The summed E-state index contributed by atoms with van der Waals surface area (Å²) in [5.74, 6) is -1.09. The van der Waals surface area contributed by atoms with E-state index in [4.69, 9.17) is 4.18 Å². The van der Waals surface area contributed by atoms with Gasteiger partial charge in [0.1, 0.15) is 4.90 Å². The van der Waals surface area contributed by atoms with E-state index in [1.165, 1.54) is 18.3 Å². The molecule has 0 bridgehead atoms. The maximum Gasteiger partial charge on any atom is 0.339 e. The highest BCUT2D eigenvalue weighted by molar-refractivity contribution is 7.87. The SMILES string of the molecule is O=C1c2ccccc2C(=O)N1/N=C/c1c(OS(=O)(=O)c2cccc3ccccc23)ccc2ccccc12. The molecule has 0 aliphatic carbocycles. The molecule has 0 unspecified atom stereocenters. The van der Waals surface area contributed by atoms with Crippen LogP contribution in [0, 0.1) is 0 Å². The Bertz CT molecular complexity index is 1840. The summed E-state index contributed by atoms with van der Waals surface area (Å²) in [7, 11) is -4.24. The second-order valence-corrected chi connectivity index (χ2v) is 9.94. The molecule has 5 aromatic rings. The van der Waals surface area contributed by atoms with Crippen LogP contribution < -0.4 is 4.18 Å². The predicted molar refractivity (Wildman–Crippen MR) is 140 cm³/mol. The highest BCUT2D eigenvalue weighted by Gasteiger charge is 2.35. The van der Waals surface area contributed by atoms with Crippen molar-refractivity contribution in [1.29, 1.82) is 0 Å². The first-order valence-electron chi connectivity index (χ1n) is 11.4. The quantitative estimate of drug-likeness (QED) is 0.181. The molecule has 0 spiro atoms. The number of hydrogen-bond donors (Lipinski definition) is 0. The zero-order valence-electron chi connectivity index (χ0n) is 19.2. The van der Waals surface area contributed by atoms with E-state index < -0.39 is 21.9 Å². The number of hydrazone groups is 1. The van der Waals surface area contributed by atoms with Crippen molar-refractivity contribution in [3.05, 3.63) is 120 Å². The van der Waals surface area contributed by atoms with Gasteiger partial charge < -0.3 is 4.18 Å². The van der Waals surface area contributed by atoms with Crippen LogP contribution in [-0.2, 0) is 10.1 Å². The van der Waals surface area contributed by atoms with Crippen LogP contribution in [0.3, 0.4) is 0 Å². The summed E-state index contributed by atoms with van der Waals surface area (Å²) in [5.41, 5.74) is 0.841. The minimum absolute atomic E-state index is 0.0204. The zero-order valence-corrected chi connectivity index (χ0v) is 20.1. The first-order chi connectivity index (χ1) is 17.9. The second kappa shape index (κ2) is 8.69. The van der Waals surface area contributed by atoms with Crippen molar-refractivity contribution in [3.63, 3.8) is 0 Å². The minimum Gasteiger partial charge on any atom is -0.378 e. The lowest BCUT2D eigenvalue weighted by molar-refractivity contribution is 0.0660. The smallest absolute Gasteiger partial charge is 0.339 e. The fourth-order valence-electron chi connectivity index (χ4n) is 4.46. The van der Waals surface area contributed by atoms with E-state index in [1.54, 1.807) is 60.7 Å². The highest BCUT2D eigenvalue weighted by Crippen LogP contribution is 2.32. The Kier molecular flexibility index (Phi) is 5.31. The Morgan fingerprint density at radius 1 is 0.649 bits per heavy atom. The Morgan fingerprint density at radius 3 is 1.92 bits per heavy atom. The van der Waals surface area contributed by atoms with Crippen LogP contribution >= 0.6 is 0 Å². The zero-order chi connectivity index (χ0) is 25.6. The average molecular weight is 507 g/mol. The second-order valence-electron chi connectivity index (χ2n) is 8.43. The molecule has 0 radical (unpaired) electrons. The predicted octanol–water partition coefficient (Wildman–Crippen LogP) is 5.39. The van der Waals surface area contributed by atoms with Gasteiger partial charge in [0.2, 0.25) is 0 Å². The lowest BCUT2D eigenvalue weighted by Gasteiger charge is -2.14. The molecule has 1 aliphatic rings. The maximum atomic E-state index is 13.4. The third-order valence-corrected chi connectivity index (χ3v) is 7.52. The molecule has 1 aliphatic heterocycles. The molecule has 8 heteroatoms. The van der Waals surface area contributed by atoms with E-state index in [0.717, 1.165) is 15.8 Å². The molecule has 0 saturated heterocycles. The third-order valence-electron chi connectivity index (χ3n) is 6.22. The molecule has 0 saturated carbocycles. The van der Waals surface area contributed by atoms with Gasteiger partial charge in [-0.15, -0.1) is 0 Å². The summed E-state index contributed by atoms with van der Waals surface area (Å²) in [6, 6.07) is 29.1. The van der Waals surface area contributed by atoms with E-state index in [1.807, 2.05) is 30.3 Å². The molecule has 7 nitrogen and oxygen atoms in total. The Balaban J connectivity index is 1.44. The summed E-state index contributed by atoms with van der Waals surface area (Å²) in [4.78, 5) is 25.6. The summed E-state index contributed by atoms with van der Waals surface area (Å²) in [6.45, 7) is 0. The molecule has 37 heavy (non-hydrogen) atoms. The Hall–Kier alpha value is -4.82. The van der Waals surface area contributed by atoms with Crippen LogP contribution in [-0.4, -0.2) is 31.5 Å². The Morgan fingerprint density at radius 2 is 1.22 bits per heavy atom. The molecule has 1 heterocycles. The normalized spacial score (nSPS) is 13.6. The van der Waals surface area contributed by atoms with Crippen molar-refractivity contribution in [3.8, 4) is 5.75 Å². The van der Waals surface area contributed by atoms with E-state index in [2.05, 4.69) is 5.10 Å². The number of rotatable bonds is 5. The van der Waals surface area contributed by atoms with Gasteiger partial charge in [-0.05, 0) is 40.4 Å². The van der Waals surface area contributed by atoms with Crippen LogP contribution in [0.15, 0.2) is 113 Å². The lowest BCUT2D eigenvalue weighted by atomic mass is 10.0. The first-order valence-corrected chi connectivity index (χ1v) is 12.8. The summed E-state index contributed by atoms with van der Waals surface area (Å²) < 4.78 is 32.5. The van der Waals surface area contributed by atoms with Gasteiger partial charge in [0.15, 0.2) is 5.75 Å². The van der Waals surface area contributed by atoms with Gasteiger partial charge in [-0.2, -0.15) is 18.5 Å². The Labute approximate surface area is 212 Å². The molecule has 0 aromatic heterocycles. The first kappa shape index (κ1) is 22.6. The standard InChI is InChI=1S/C29H18N2O5S/c32-28-23-13-5-6-14-24(23)29(33)31(28)30-18-25-21-11-3-1-9-20(21)16-17-26(25)36-37(34,35)27-15-7-10-19-8-2-4-12-22(19)27/h1-18H/b30-18+. The summed E-state index contributed by atoms with van der Waals surface area (Å²) in [6.07, 6.45) is 1.29. The third kappa shape index (κ3) is 3.84. The molecular weight excluding hydrogens is 488 g/mol. The topological polar surface area (TPSA) is 93.1 Å². The molecule has 6 rings (SSSR count). The van der Waals surface area contributed by atoms with Gasteiger partial charge in [0.05, 0.1) is 17.3 Å². The largest absolute Gasteiger partial charge is 0.378 e. The number of carbonyl (C=O) groups excluding carboxylic acids is 2. The number of benzene rings is 5. The highest BCUT2D eigenvalue weighted by atomic mass is 32.2. The van der Waals surface area contributed by atoms with Gasteiger partial charge in [0, 0.05) is 10.9 Å². The van der Waals surface area contributed by atoms with Crippen LogP contribution in [0.4, 0.5) is 0 Å².